The number of H-pyrrole nitrogens is 1. The van der Waals surface area contributed by atoms with Crippen LogP contribution >= 0.6 is 0 Å². The number of fused-ring (bicyclic) bond motifs is 5. The van der Waals surface area contributed by atoms with Crippen LogP contribution in [0.15, 0.2) is 0 Å². The van der Waals surface area contributed by atoms with Gasteiger partial charge < -0.3 is 5.32 Å². The number of aryl methyl sites for hydroxylation is 1. The molecular weight excluding hydrogens is 264 g/mol. The van der Waals surface area contributed by atoms with Crippen LogP contribution in [0.4, 0.5) is 0 Å². The van der Waals surface area contributed by atoms with Gasteiger partial charge in [-0.15, -0.1) is 5.10 Å². The fraction of sp³-hybridized carbons (Fsp3) is 0.812. The van der Waals surface area contributed by atoms with Gasteiger partial charge in [-0.2, -0.15) is 0 Å². The highest BCUT2D eigenvalue weighted by atomic mass is 16.2. The van der Waals surface area contributed by atoms with Crippen LogP contribution in [0.5, 0.6) is 0 Å². The molecule has 21 heavy (non-hydrogen) atoms. The number of carbonyl (C=O) groups is 1. The highest BCUT2D eigenvalue weighted by Gasteiger charge is 2.54. The van der Waals surface area contributed by atoms with E-state index in [0.717, 1.165) is 36.4 Å². The minimum absolute atomic E-state index is 0.0966. The van der Waals surface area contributed by atoms with Gasteiger partial charge in [-0.1, -0.05) is 13.3 Å². The molecule has 3 saturated carbocycles. The summed E-state index contributed by atoms with van der Waals surface area (Å²) in [5.74, 6) is 4.42. The van der Waals surface area contributed by atoms with Crippen LogP contribution in [0, 0.1) is 23.7 Å². The standard InChI is InChI=1S/C16H24N4O/c1-2-4-14-18-15(20-19-14)16(21)17-13-8-9-7-12(13)11-6-3-5-10(9)11/h9-13H,2-8H2,1H3,(H,17,21)(H,18,19,20). The number of hydrogen-bond donors (Lipinski definition) is 2. The molecule has 1 aromatic rings. The number of rotatable bonds is 4. The number of nitrogens with one attached hydrogen (secondary N) is 2. The minimum atomic E-state index is -0.0966. The molecule has 0 radical (unpaired) electrons. The molecule has 0 aliphatic heterocycles. The van der Waals surface area contributed by atoms with E-state index in [2.05, 4.69) is 27.4 Å². The Bertz CT molecular complexity index is 540. The van der Waals surface area contributed by atoms with Crippen molar-refractivity contribution in [2.75, 3.05) is 0 Å². The van der Waals surface area contributed by atoms with Crippen LogP contribution in [0.3, 0.4) is 0 Å². The van der Waals surface area contributed by atoms with Crippen LogP contribution in [0.1, 0.15) is 61.9 Å². The summed E-state index contributed by atoms with van der Waals surface area (Å²) in [7, 11) is 0. The number of carbonyl (C=O) groups excluding carboxylic acids is 1. The minimum Gasteiger partial charge on any atom is -0.346 e. The Balaban J connectivity index is 1.41. The van der Waals surface area contributed by atoms with E-state index < -0.39 is 0 Å². The maximum absolute atomic E-state index is 12.3. The highest BCUT2D eigenvalue weighted by Crippen LogP contribution is 2.58. The number of aromatic nitrogens is 3. The summed E-state index contributed by atoms with van der Waals surface area (Å²) in [6, 6.07) is 0.356. The lowest BCUT2D eigenvalue weighted by Gasteiger charge is -2.31. The van der Waals surface area contributed by atoms with Crippen molar-refractivity contribution in [2.45, 2.75) is 57.9 Å². The Morgan fingerprint density at radius 1 is 1.29 bits per heavy atom. The third-order valence-corrected chi connectivity index (χ3v) is 5.97. The Morgan fingerprint density at radius 3 is 3.00 bits per heavy atom. The first-order valence-corrected chi connectivity index (χ1v) is 8.48. The second-order valence-corrected chi connectivity index (χ2v) is 7.09. The lowest BCUT2D eigenvalue weighted by molar-refractivity contribution is 0.0891. The third-order valence-electron chi connectivity index (χ3n) is 5.97. The lowest BCUT2D eigenvalue weighted by atomic mass is 9.79. The number of nitrogens with zero attached hydrogens (tertiary/aromatic N) is 2. The predicted molar refractivity (Wildman–Crippen MR) is 78.7 cm³/mol. The fourth-order valence-electron chi connectivity index (χ4n) is 5.21. The largest absolute Gasteiger partial charge is 0.346 e. The van der Waals surface area contributed by atoms with Gasteiger partial charge in [0, 0.05) is 12.5 Å². The molecule has 2 bridgehead atoms. The van der Waals surface area contributed by atoms with E-state index in [9.17, 15) is 4.79 Å². The summed E-state index contributed by atoms with van der Waals surface area (Å²) in [5.41, 5.74) is 0. The van der Waals surface area contributed by atoms with Gasteiger partial charge >= 0.3 is 0 Å². The number of aromatic amines is 1. The smallest absolute Gasteiger partial charge is 0.291 e. The number of hydrogen-bond acceptors (Lipinski definition) is 3. The topological polar surface area (TPSA) is 70.7 Å². The molecule has 5 unspecified atom stereocenters. The van der Waals surface area contributed by atoms with Crippen LogP contribution in [-0.2, 0) is 6.42 Å². The molecule has 3 fully saturated rings. The van der Waals surface area contributed by atoms with E-state index in [1.165, 1.54) is 32.1 Å². The van der Waals surface area contributed by atoms with Crippen molar-refractivity contribution < 1.29 is 4.79 Å². The zero-order chi connectivity index (χ0) is 14.4. The molecule has 2 N–H and O–H groups in total. The first-order chi connectivity index (χ1) is 10.3. The molecule has 5 heteroatoms. The van der Waals surface area contributed by atoms with Crippen LogP contribution in [0.25, 0.3) is 0 Å². The van der Waals surface area contributed by atoms with E-state index in [-0.39, 0.29) is 5.91 Å². The van der Waals surface area contributed by atoms with Gasteiger partial charge in [-0.3, -0.25) is 9.89 Å². The first kappa shape index (κ1) is 13.3. The maximum Gasteiger partial charge on any atom is 0.291 e. The molecule has 4 rings (SSSR count). The van der Waals surface area contributed by atoms with E-state index in [1.54, 1.807) is 0 Å². The van der Waals surface area contributed by atoms with E-state index in [0.29, 0.717) is 17.8 Å². The number of amides is 1. The first-order valence-electron chi connectivity index (χ1n) is 8.48. The maximum atomic E-state index is 12.3. The Morgan fingerprint density at radius 2 is 2.14 bits per heavy atom. The van der Waals surface area contributed by atoms with Gasteiger partial charge in [-0.25, -0.2) is 4.98 Å². The predicted octanol–water partition coefficient (Wildman–Crippen LogP) is 2.31. The summed E-state index contributed by atoms with van der Waals surface area (Å²) < 4.78 is 0. The van der Waals surface area contributed by atoms with Crippen molar-refractivity contribution in [3.63, 3.8) is 0 Å². The summed E-state index contributed by atoms with van der Waals surface area (Å²) in [6.45, 7) is 2.09. The molecule has 0 aromatic carbocycles. The molecule has 0 saturated heterocycles. The van der Waals surface area contributed by atoms with Crippen LogP contribution < -0.4 is 5.32 Å². The summed E-state index contributed by atoms with van der Waals surface area (Å²) in [6.07, 6.45) is 8.54. The summed E-state index contributed by atoms with van der Waals surface area (Å²) in [5, 5.41) is 10.1. The van der Waals surface area contributed by atoms with Gasteiger partial charge in [-0.05, 0) is 55.8 Å². The van der Waals surface area contributed by atoms with Gasteiger partial charge in [0.05, 0.1) is 0 Å². The molecular formula is C16H24N4O. The van der Waals surface area contributed by atoms with Gasteiger partial charge in [0.2, 0.25) is 5.82 Å². The van der Waals surface area contributed by atoms with Gasteiger partial charge in [0.15, 0.2) is 0 Å². The molecule has 1 heterocycles. The van der Waals surface area contributed by atoms with E-state index >= 15 is 0 Å². The Hall–Kier alpha value is -1.39. The second-order valence-electron chi connectivity index (χ2n) is 7.09. The third kappa shape index (κ3) is 2.17. The zero-order valence-electron chi connectivity index (χ0n) is 12.6. The Labute approximate surface area is 125 Å². The molecule has 114 valence electrons. The highest BCUT2D eigenvalue weighted by molar-refractivity contribution is 5.90. The van der Waals surface area contributed by atoms with Crippen molar-refractivity contribution in [3.05, 3.63) is 11.6 Å². The van der Waals surface area contributed by atoms with E-state index in [4.69, 9.17) is 0 Å². The van der Waals surface area contributed by atoms with Crippen molar-refractivity contribution in [2.24, 2.45) is 23.7 Å². The molecule has 0 spiro atoms. The van der Waals surface area contributed by atoms with E-state index in [1.807, 2.05) is 0 Å². The fourth-order valence-corrected chi connectivity index (χ4v) is 5.21. The lowest BCUT2D eigenvalue weighted by Crippen LogP contribution is -2.42. The van der Waals surface area contributed by atoms with Crippen molar-refractivity contribution in [1.29, 1.82) is 0 Å². The average Bonchev–Trinajstić information content (AvgIpc) is 3.20. The monoisotopic (exact) mass is 288 g/mol. The van der Waals surface area contributed by atoms with Crippen molar-refractivity contribution >= 4 is 5.91 Å². The second kappa shape index (κ2) is 5.11. The van der Waals surface area contributed by atoms with Crippen molar-refractivity contribution in [1.82, 2.24) is 20.5 Å². The molecule has 1 aromatic heterocycles. The molecule has 3 aliphatic carbocycles. The van der Waals surface area contributed by atoms with Crippen LogP contribution in [0.2, 0.25) is 0 Å². The normalized spacial score (nSPS) is 36.9. The average molecular weight is 288 g/mol. The Kier molecular flexibility index (Phi) is 3.23. The summed E-state index contributed by atoms with van der Waals surface area (Å²) in [4.78, 5) is 16.6. The quantitative estimate of drug-likeness (QED) is 0.893. The molecule has 3 aliphatic rings. The molecule has 5 nitrogen and oxygen atoms in total. The zero-order valence-corrected chi connectivity index (χ0v) is 12.6. The molecule has 5 atom stereocenters. The van der Waals surface area contributed by atoms with Crippen molar-refractivity contribution in [3.8, 4) is 0 Å². The van der Waals surface area contributed by atoms with Gasteiger partial charge in [0.1, 0.15) is 5.82 Å². The SMILES string of the molecule is CCCc1nc(C(=O)NC2CC3CC2C2CCCC32)n[nH]1. The van der Waals surface area contributed by atoms with Gasteiger partial charge in [0.25, 0.3) is 5.91 Å². The summed E-state index contributed by atoms with van der Waals surface area (Å²) >= 11 is 0. The van der Waals surface area contributed by atoms with Crippen LogP contribution in [-0.4, -0.2) is 27.1 Å². The molecule has 1 amide bonds.